The maximum Gasteiger partial charge on any atom is 0.270 e. The molecule has 116 valence electrons. The van der Waals surface area contributed by atoms with E-state index in [1.54, 1.807) is 0 Å². The van der Waals surface area contributed by atoms with Gasteiger partial charge in [0.2, 0.25) is 0 Å². The average Bonchev–Trinajstić information content (AvgIpc) is 2.81. The van der Waals surface area contributed by atoms with Crippen molar-refractivity contribution in [1.82, 2.24) is 0 Å². The predicted octanol–water partition coefficient (Wildman–Crippen LogP) is 3.83. The van der Waals surface area contributed by atoms with E-state index in [1.807, 2.05) is 6.92 Å². The third-order valence-corrected chi connectivity index (χ3v) is 5.08. The summed E-state index contributed by atoms with van der Waals surface area (Å²) >= 11 is 0. The van der Waals surface area contributed by atoms with Crippen LogP contribution >= 0.6 is 25.4 Å². The van der Waals surface area contributed by atoms with Crippen molar-refractivity contribution in [3.05, 3.63) is 10.4 Å². The van der Waals surface area contributed by atoms with Gasteiger partial charge in [-0.3, -0.25) is 0 Å². The van der Waals surface area contributed by atoms with Crippen LogP contribution in [0.1, 0.15) is 19.8 Å². The lowest BCUT2D eigenvalue weighted by molar-refractivity contribution is -0.113. The Morgan fingerprint density at radius 1 is 1.60 bits per heavy atom. The SMILES string of the molecule is CC[C@H]1CC(OC(N=[N+]=[N-])C(F)F)[C@@H](COPPP)O1. The number of hydrogen-bond acceptors (Lipinski definition) is 4. The van der Waals surface area contributed by atoms with Gasteiger partial charge in [-0.1, -0.05) is 20.0 Å². The van der Waals surface area contributed by atoms with Crippen LogP contribution in [0.15, 0.2) is 5.11 Å². The van der Waals surface area contributed by atoms with Crippen molar-refractivity contribution in [3.8, 4) is 0 Å². The molecule has 0 saturated carbocycles. The highest BCUT2D eigenvalue weighted by molar-refractivity contribution is 8.37. The maximum absolute atomic E-state index is 12.7. The van der Waals surface area contributed by atoms with Gasteiger partial charge in [-0.15, -0.1) is 8.93 Å². The molecule has 5 unspecified atom stereocenters. The molecule has 0 N–H and O–H groups in total. The van der Waals surface area contributed by atoms with Crippen LogP contribution in [0.3, 0.4) is 0 Å². The molecule has 1 aliphatic rings. The number of nitrogens with zero attached hydrogens (tertiary/aromatic N) is 3. The molecule has 1 fully saturated rings. The molecule has 1 heterocycles. The van der Waals surface area contributed by atoms with Crippen LogP contribution in [0.2, 0.25) is 0 Å². The van der Waals surface area contributed by atoms with Gasteiger partial charge in [0.05, 0.1) is 18.8 Å². The molecule has 1 saturated heterocycles. The zero-order valence-corrected chi connectivity index (χ0v) is 14.1. The Hall–Kier alpha value is 0.340. The molecule has 0 aromatic carbocycles. The van der Waals surface area contributed by atoms with E-state index in [2.05, 4.69) is 19.0 Å². The minimum atomic E-state index is -2.86. The summed E-state index contributed by atoms with van der Waals surface area (Å²) in [6, 6.07) is 0. The molecule has 11 heteroatoms. The largest absolute Gasteiger partial charge is 0.370 e. The third kappa shape index (κ3) is 5.99. The normalized spacial score (nSPS) is 28.8. The number of rotatable bonds is 9. The van der Waals surface area contributed by atoms with Gasteiger partial charge in [-0.25, -0.2) is 8.78 Å². The standard InChI is InChI=1S/C9H18F2N3O3P3/c1-2-5-3-6(7(16-5)4-15-19-20-18)17-9(8(10)11)13-14-12/h5-9,19-20H,2-4,18H2,1H3/t5-,6?,7+,9?/m0/s1. The third-order valence-electron chi connectivity index (χ3n) is 2.81. The van der Waals surface area contributed by atoms with E-state index >= 15 is 0 Å². The number of alkyl halides is 2. The van der Waals surface area contributed by atoms with Crippen molar-refractivity contribution in [2.45, 2.75) is 50.7 Å². The number of hydrogen-bond donors (Lipinski definition) is 0. The fraction of sp³-hybridized carbons (Fsp3) is 1.00. The van der Waals surface area contributed by atoms with E-state index in [0.717, 1.165) is 6.42 Å². The molecule has 1 aliphatic heterocycles. The molecule has 0 spiro atoms. The summed E-state index contributed by atoms with van der Waals surface area (Å²) in [5.41, 5.74) is 8.29. The van der Waals surface area contributed by atoms with E-state index < -0.39 is 24.9 Å². The highest BCUT2D eigenvalue weighted by atomic mass is 32.4. The van der Waals surface area contributed by atoms with Gasteiger partial charge in [0.15, 0.2) is 6.23 Å². The number of azide groups is 1. The van der Waals surface area contributed by atoms with Gasteiger partial charge in [0.25, 0.3) is 6.43 Å². The lowest BCUT2D eigenvalue weighted by Crippen LogP contribution is -2.34. The van der Waals surface area contributed by atoms with Gasteiger partial charge in [0.1, 0.15) is 6.10 Å². The smallest absolute Gasteiger partial charge is 0.270 e. The van der Waals surface area contributed by atoms with E-state index in [1.165, 1.54) is 0 Å². The van der Waals surface area contributed by atoms with Crippen molar-refractivity contribution in [2.24, 2.45) is 5.11 Å². The predicted molar refractivity (Wildman–Crippen MR) is 79.7 cm³/mol. The van der Waals surface area contributed by atoms with Crippen molar-refractivity contribution in [2.75, 3.05) is 6.61 Å². The highest BCUT2D eigenvalue weighted by Crippen LogP contribution is 2.44. The molecule has 1 rings (SSSR count). The second kappa shape index (κ2) is 10.1. The van der Waals surface area contributed by atoms with Crippen molar-refractivity contribution in [3.63, 3.8) is 0 Å². The second-order valence-corrected chi connectivity index (χ2v) is 8.96. The van der Waals surface area contributed by atoms with Gasteiger partial charge >= 0.3 is 0 Å². The monoisotopic (exact) mass is 347 g/mol. The maximum atomic E-state index is 12.7. The summed E-state index contributed by atoms with van der Waals surface area (Å²) in [5.74, 6) is 0. The zero-order valence-electron chi connectivity index (χ0n) is 10.9. The molecule has 0 radical (unpaired) electrons. The quantitative estimate of drug-likeness (QED) is 0.209. The van der Waals surface area contributed by atoms with Crippen LogP contribution in [-0.2, 0) is 14.0 Å². The molecule has 20 heavy (non-hydrogen) atoms. The Bertz CT molecular complexity index is 337. The van der Waals surface area contributed by atoms with E-state index in [4.69, 9.17) is 19.5 Å². The highest BCUT2D eigenvalue weighted by Gasteiger charge is 2.38. The van der Waals surface area contributed by atoms with Crippen molar-refractivity contribution in [1.29, 1.82) is 0 Å². The molecule has 6 nitrogen and oxygen atoms in total. The molecule has 0 amide bonds. The first-order chi connectivity index (χ1) is 9.62. The summed E-state index contributed by atoms with van der Waals surface area (Å²) in [7, 11) is 3.51. The first kappa shape index (κ1) is 18.4. The van der Waals surface area contributed by atoms with Gasteiger partial charge in [-0.2, -0.15) is 0 Å². The Morgan fingerprint density at radius 2 is 2.35 bits per heavy atom. The van der Waals surface area contributed by atoms with Crippen LogP contribution in [0.4, 0.5) is 8.78 Å². The molecule has 0 aromatic heterocycles. The summed E-state index contributed by atoms with van der Waals surface area (Å²) < 4.78 is 41.7. The number of ether oxygens (including phenoxy) is 2. The Balaban J connectivity index is 2.59. The first-order valence-electron chi connectivity index (χ1n) is 6.08. The summed E-state index contributed by atoms with van der Waals surface area (Å²) in [6.07, 6.45) is -4.35. The van der Waals surface area contributed by atoms with Crippen LogP contribution < -0.4 is 0 Å². The van der Waals surface area contributed by atoms with Crippen molar-refractivity contribution < 1.29 is 22.8 Å². The molecule has 0 aliphatic carbocycles. The lowest BCUT2D eigenvalue weighted by Gasteiger charge is -2.22. The van der Waals surface area contributed by atoms with E-state index in [-0.39, 0.29) is 6.10 Å². The Labute approximate surface area is 121 Å². The Morgan fingerprint density at radius 3 is 2.90 bits per heavy atom. The van der Waals surface area contributed by atoms with Crippen LogP contribution in [0, 0.1) is 0 Å². The van der Waals surface area contributed by atoms with Crippen LogP contribution in [-0.4, -0.2) is 37.6 Å². The molecule has 7 atom stereocenters. The first-order valence-corrected chi connectivity index (χ1v) is 10.8. The Kier molecular flexibility index (Phi) is 9.31. The average molecular weight is 347 g/mol. The van der Waals surface area contributed by atoms with Crippen LogP contribution in [0.25, 0.3) is 10.4 Å². The summed E-state index contributed by atoms with van der Waals surface area (Å²) in [6.45, 7) is 2.25. The zero-order chi connectivity index (χ0) is 15.0. The van der Waals surface area contributed by atoms with Gasteiger partial charge in [0, 0.05) is 19.8 Å². The molecular weight excluding hydrogens is 329 g/mol. The second-order valence-electron chi connectivity index (χ2n) is 4.10. The summed E-state index contributed by atoms with van der Waals surface area (Å²) in [5, 5.41) is 2.98. The van der Waals surface area contributed by atoms with E-state index in [0.29, 0.717) is 29.5 Å². The fourth-order valence-electron chi connectivity index (χ4n) is 1.89. The molecular formula is C9H18F2N3O3P3. The minimum Gasteiger partial charge on any atom is -0.370 e. The van der Waals surface area contributed by atoms with E-state index in [9.17, 15) is 8.78 Å². The minimum absolute atomic E-state index is 0.0419. The molecule has 0 bridgehead atoms. The topological polar surface area (TPSA) is 76.5 Å². The number of halogens is 2. The summed E-state index contributed by atoms with van der Waals surface area (Å²) in [4.78, 5) is 2.39. The molecule has 0 aromatic rings. The van der Waals surface area contributed by atoms with Gasteiger partial charge < -0.3 is 14.0 Å². The fourth-order valence-corrected chi connectivity index (χ4v) is 3.47. The van der Waals surface area contributed by atoms with Crippen LogP contribution in [0.5, 0.6) is 0 Å². The van der Waals surface area contributed by atoms with Crippen molar-refractivity contribution >= 4 is 25.4 Å². The van der Waals surface area contributed by atoms with Gasteiger partial charge in [-0.05, 0) is 12.0 Å². The lowest BCUT2D eigenvalue weighted by atomic mass is 10.1.